The van der Waals surface area contributed by atoms with E-state index in [1.165, 1.54) is 6.33 Å². The van der Waals surface area contributed by atoms with Crippen molar-refractivity contribution in [2.45, 2.75) is 13.0 Å². The molecule has 0 saturated heterocycles. The van der Waals surface area contributed by atoms with Gasteiger partial charge in [0.05, 0.1) is 0 Å². The average molecular weight is 167 g/mol. The highest BCUT2D eigenvalue weighted by Gasteiger charge is 2.01. The smallest absolute Gasteiger partial charge is 0.216 e. The first-order chi connectivity index (χ1) is 5.83. The van der Waals surface area contributed by atoms with Crippen molar-refractivity contribution in [1.82, 2.24) is 15.3 Å². The van der Waals surface area contributed by atoms with Crippen molar-refractivity contribution in [3.63, 3.8) is 0 Å². The Bertz CT molecular complexity index is 215. The molecule has 0 spiro atoms. The van der Waals surface area contributed by atoms with Gasteiger partial charge in [-0.25, -0.2) is 9.97 Å². The Morgan fingerprint density at radius 2 is 2.50 bits per heavy atom. The van der Waals surface area contributed by atoms with Gasteiger partial charge >= 0.3 is 0 Å². The SMILES string of the molecule is CNCC(C)Oc1ccncn1. The van der Waals surface area contributed by atoms with Gasteiger partial charge in [0.15, 0.2) is 0 Å². The van der Waals surface area contributed by atoms with Gasteiger partial charge in [-0.2, -0.15) is 0 Å². The van der Waals surface area contributed by atoms with Gasteiger partial charge in [-0.3, -0.25) is 0 Å². The first-order valence-electron chi connectivity index (χ1n) is 3.90. The van der Waals surface area contributed by atoms with E-state index >= 15 is 0 Å². The molecule has 0 fully saturated rings. The van der Waals surface area contributed by atoms with Gasteiger partial charge in [0.25, 0.3) is 0 Å². The molecule has 0 saturated carbocycles. The van der Waals surface area contributed by atoms with Crippen molar-refractivity contribution in [2.75, 3.05) is 13.6 Å². The quantitative estimate of drug-likeness (QED) is 0.707. The zero-order valence-electron chi connectivity index (χ0n) is 7.32. The van der Waals surface area contributed by atoms with Gasteiger partial charge in [-0.15, -0.1) is 0 Å². The van der Waals surface area contributed by atoms with Crippen molar-refractivity contribution in [1.29, 1.82) is 0 Å². The summed E-state index contributed by atoms with van der Waals surface area (Å²) in [5.74, 6) is 0.618. The third-order valence-corrected chi connectivity index (χ3v) is 1.37. The summed E-state index contributed by atoms with van der Waals surface area (Å²) in [6, 6.07) is 1.74. The van der Waals surface area contributed by atoms with Gasteiger partial charge < -0.3 is 10.1 Å². The standard InChI is InChI=1S/C8H13N3O/c1-7(5-9-2)12-8-3-4-10-6-11-8/h3-4,6-7,9H,5H2,1-2H3. The van der Waals surface area contributed by atoms with E-state index in [1.54, 1.807) is 12.3 Å². The van der Waals surface area contributed by atoms with E-state index in [9.17, 15) is 0 Å². The minimum Gasteiger partial charge on any atom is -0.473 e. The Kier molecular flexibility index (Phi) is 3.47. The molecule has 4 heteroatoms. The minimum absolute atomic E-state index is 0.130. The van der Waals surface area contributed by atoms with Crippen LogP contribution in [0.1, 0.15) is 6.92 Å². The summed E-state index contributed by atoms with van der Waals surface area (Å²) < 4.78 is 5.44. The highest BCUT2D eigenvalue weighted by atomic mass is 16.5. The maximum Gasteiger partial charge on any atom is 0.216 e. The molecule has 1 rings (SSSR count). The van der Waals surface area contributed by atoms with Crippen LogP contribution in [0.5, 0.6) is 5.88 Å². The minimum atomic E-state index is 0.130. The lowest BCUT2D eigenvalue weighted by atomic mass is 10.4. The first-order valence-corrected chi connectivity index (χ1v) is 3.90. The molecule has 66 valence electrons. The predicted octanol–water partition coefficient (Wildman–Crippen LogP) is 0.463. The van der Waals surface area contributed by atoms with Crippen LogP contribution in [0.4, 0.5) is 0 Å². The Balaban J connectivity index is 2.41. The molecule has 0 radical (unpaired) electrons. The highest BCUT2D eigenvalue weighted by molar-refractivity contribution is 5.04. The van der Waals surface area contributed by atoms with Crippen molar-refractivity contribution in [3.8, 4) is 5.88 Å². The maximum absolute atomic E-state index is 5.44. The fourth-order valence-corrected chi connectivity index (χ4v) is 0.884. The summed E-state index contributed by atoms with van der Waals surface area (Å²) in [5.41, 5.74) is 0. The summed E-state index contributed by atoms with van der Waals surface area (Å²) in [6.45, 7) is 2.79. The largest absolute Gasteiger partial charge is 0.473 e. The number of nitrogens with one attached hydrogen (secondary N) is 1. The molecule has 0 aliphatic carbocycles. The van der Waals surface area contributed by atoms with E-state index < -0.39 is 0 Å². The van der Waals surface area contributed by atoms with E-state index in [0.717, 1.165) is 6.54 Å². The van der Waals surface area contributed by atoms with Crippen LogP contribution in [-0.4, -0.2) is 29.7 Å². The van der Waals surface area contributed by atoms with Crippen LogP contribution in [0.15, 0.2) is 18.6 Å². The van der Waals surface area contributed by atoms with Crippen molar-refractivity contribution < 1.29 is 4.74 Å². The maximum atomic E-state index is 5.44. The van der Waals surface area contributed by atoms with Gasteiger partial charge in [0, 0.05) is 18.8 Å². The number of likely N-dealkylation sites (N-methyl/N-ethyl adjacent to an activating group) is 1. The number of rotatable bonds is 4. The monoisotopic (exact) mass is 167 g/mol. The molecule has 12 heavy (non-hydrogen) atoms. The fourth-order valence-electron chi connectivity index (χ4n) is 0.884. The van der Waals surface area contributed by atoms with E-state index in [0.29, 0.717) is 5.88 Å². The van der Waals surface area contributed by atoms with E-state index in [2.05, 4.69) is 15.3 Å². The third kappa shape index (κ3) is 2.84. The van der Waals surface area contributed by atoms with Gasteiger partial charge in [0.1, 0.15) is 12.4 Å². The topological polar surface area (TPSA) is 47.0 Å². The van der Waals surface area contributed by atoms with Gasteiger partial charge in [0.2, 0.25) is 5.88 Å². The van der Waals surface area contributed by atoms with Crippen LogP contribution >= 0.6 is 0 Å². The second kappa shape index (κ2) is 4.66. The Labute approximate surface area is 72.0 Å². The Hall–Kier alpha value is -1.16. The molecule has 0 amide bonds. The molecule has 1 aromatic rings. The van der Waals surface area contributed by atoms with Crippen molar-refractivity contribution in [2.24, 2.45) is 0 Å². The molecule has 0 aliphatic rings. The van der Waals surface area contributed by atoms with Crippen LogP contribution in [0.25, 0.3) is 0 Å². The number of nitrogens with zero attached hydrogens (tertiary/aromatic N) is 2. The van der Waals surface area contributed by atoms with Crippen LogP contribution in [0, 0.1) is 0 Å². The van der Waals surface area contributed by atoms with Crippen LogP contribution in [0.2, 0.25) is 0 Å². The van der Waals surface area contributed by atoms with Gasteiger partial charge in [-0.1, -0.05) is 0 Å². The predicted molar refractivity (Wildman–Crippen MR) is 46.0 cm³/mol. The summed E-state index contributed by atoms with van der Waals surface area (Å²) >= 11 is 0. The number of aromatic nitrogens is 2. The van der Waals surface area contributed by atoms with Crippen LogP contribution in [-0.2, 0) is 0 Å². The molecule has 0 aliphatic heterocycles. The van der Waals surface area contributed by atoms with E-state index in [-0.39, 0.29) is 6.10 Å². The molecule has 4 nitrogen and oxygen atoms in total. The zero-order valence-corrected chi connectivity index (χ0v) is 7.32. The molecule has 1 atom stereocenters. The second-order valence-electron chi connectivity index (χ2n) is 2.53. The molecule has 1 heterocycles. The van der Waals surface area contributed by atoms with Crippen LogP contribution in [0.3, 0.4) is 0 Å². The molecule has 0 bridgehead atoms. The summed E-state index contributed by atoms with van der Waals surface area (Å²) in [7, 11) is 1.89. The lowest BCUT2D eigenvalue weighted by Gasteiger charge is -2.12. The van der Waals surface area contributed by atoms with Crippen molar-refractivity contribution in [3.05, 3.63) is 18.6 Å². The van der Waals surface area contributed by atoms with E-state index in [1.807, 2.05) is 14.0 Å². The average Bonchev–Trinajstić information content (AvgIpc) is 2.06. The molecule has 1 N–H and O–H groups in total. The van der Waals surface area contributed by atoms with E-state index in [4.69, 9.17) is 4.74 Å². The van der Waals surface area contributed by atoms with Crippen LogP contribution < -0.4 is 10.1 Å². The van der Waals surface area contributed by atoms with Gasteiger partial charge in [-0.05, 0) is 14.0 Å². The van der Waals surface area contributed by atoms with Crippen molar-refractivity contribution >= 4 is 0 Å². The summed E-state index contributed by atoms with van der Waals surface area (Å²) in [5, 5.41) is 3.02. The second-order valence-corrected chi connectivity index (χ2v) is 2.53. The summed E-state index contributed by atoms with van der Waals surface area (Å²) in [6.07, 6.45) is 3.26. The number of hydrogen-bond donors (Lipinski definition) is 1. The molecule has 1 unspecified atom stereocenters. The lowest BCUT2D eigenvalue weighted by molar-refractivity contribution is 0.211. The summed E-state index contributed by atoms with van der Waals surface area (Å²) in [4.78, 5) is 7.73. The fraction of sp³-hybridized carbons (Fsp3) is 0.500. The number of ether oxygens (including phenoxy) is 1. The lowest BCUT2D eigenvalue weighted by Crippen LogP contribution is -2.26. The molecular weight excluding hydrogens is 154 g/mol. The number of hydrogen-bond acceptors (Lipinski definition) is 4. The molecule has 0 aromatic carbocycles. The third-order valence-electron chi connectivity index (χ3n) is 1.37. The zero-order chi connectivity index (χ0) is 8.81. The highest BCUT2D eigenvalue weighted by Crippen LogP contribution is 2.03. The molecular formula is C8H13N3O. The molecule has 1 aromatic heterocycles. The Morgan fingerprint density at radius 3 is 3.08 bits per heavy atom. The first kappa shape index (κ1) is 8.93. The normalized spacial score (nSPS) is 12.5. The Morgan fingerprint density at radius 1 is 1.67 bits per heavy atom.